The second-order valence-corrected chi connectivity index (χ2v) is 6.86. The van der Waals surface area contributed by atoms with Gasteiger partial charge in [-0.15, -0.1) is 0 Å². The van der Waals surface area contributed by atoms with Gasteiger partial charge in [-0.3, -0.25) is 4.79 Å². The Hall–Kier alpha value is -3.54. The van der Waals surface area contributed by atoms with Crippen molar-refractivity contribution in [3.05, 3.63) is 74.3 Å². The predicted octanol–water partition coefficient (Wildman–Crippen LogP) is 4.70. The first-order valence-electron chi connectivity index (χ1n) is 8.58. The van der Waals surface area contributed by atoms with Gasteiger partial charge in [-0.2, -0.15) is 13.5 Å². The van der Waals surface area contributed by atoms with Crippen molar-refractivity contribution < 1.29 is 32.4 Å². The summed E-state index contributed by atoms with van der Waals surface area (Å²) in [5.41, 5.74) is 0.204. The van der Waals surface area contributed by atoms with Crippen LogP contribution in [0.1, 0.15) is 21.9 Å². The molecule has 0 atom stereocenters. The van der Waals surface area contributed by atoms with Gasteiger partial charge in [0.1, 0.15) is 22.5 Å². The zero-order valence-electron chi connectivity index (χ0n) is 15.8. The van der Waals surface area contributed by atoms with Gasteiger partial charge in [0.05, 0.1) is 18.4 Å². The number of furan rings is 1. The molecule has 0 aliphatic heterocycles. The number of benzene rings is 1. The maximum Gasteiger partial charge on any atom is 0.404 e. The minimum Gasteiger partial charge on any atom is -0.493 e. The van der Waals surface area contributed by atoms with Gasteiger partial charge in [-0.05, 0) is 63.3 Å². The van der Waals surface area contributed by atoms with E-state index in [-0.39, 0.29) is 33.9 Å². The van der Waals surface area contributed by atoms with E-state index < -0.39 is 17.3 Å². The van der Waals surface area contributed by atoms with Gasteiger partial charge in [-0.25, -0.2) is 0 Å². The van der Waals surface area contributed by atoms with Crippen LogP contribution < -0.4 is 9.47 Å². The zero-order chi connectivity index (χ0) is 22.5. The molecule has 0 bridgehead atoms. The van der Waals surface area contributed by atoms with Crippen LogP contribution in [-0.2, 0) is 6.54 Å². The first kappa shape index (κ1) is 22.2. The van der Waals surface area contributed by atoms with Crippen LogP contribution in [0.25, 0.3) is 6.08 Å². The summed E-state index contributed by atoms with van der Waals surface area (Å²) in [6, 6.07) is 7.11. The minimum atomic E-state index is -3.02. The summed E-state index contributed by atoms with van der Waals surface area (Å²) >= 11 is 3.07. The Morgan fingerprint density at radius 2 is 2.13 bits per heavy atom. The van der Waals surface area contributed by atoms with E-state index in [9.17, 15) is 23.7 Å². The molecule has 3 rings (SSSR count). The van der Waals surface area contributed by atoms with Crippen LogP contribution in [0.5, 0.6) is 11.5 Å². The van der Waals surface area contributed by atoms with Crippen LogP contribution in [0.4, 0.5) is 14.6 Å². The van der Waals surface area contributed by atoms with E-state index in [2.05, 4.69) is 25.8 Å². The molecule has 9 nitrogen and oxygen atoms in total. The summed E-state index contributed by atoms with van der Waals surface area (Å²) in [6.07, 6.45) is 4.14. The highest BCUT2D eigenvalue weighted by atomic mass is 79.9. The summed E-state index contributed by atoms with van der Waals surface area (Å²) < 4.78 is 41.3. The second kappa shape index (κ2) is 9.51. The summed E-state index contributed by atoms with van der Waals surface area (Å²) in [6.45, 7) is -2.87. The van der Waals surface area contributed by atoms with E-state index in [1.54, 1.807) is 12.1 Å². The first-order chi connectivity index (χ1) is 14.8. The van der Waals surface area contributed by atoms with Gasteiger partial charge >= 0.3 is 12.4 Å². The summed E-state index contributed by atoms with van der Waals surface area (Å²) in [4.78, 5) is 22.6. The molecule has 0 radical (unpaired) electrons. The van der Waals surface area contributed by atoms with E-state index in [1.165, 1.54) is 48.3 Å². The van der Waals surface area contributed by atoms with Gasteiger partial charge in [0.25, 0.3) is 0 Å². The molecule has 0 spiro atoms. The van der Waals surface area contributed by atoms with E-state index in [0.717, 1.165) is 0 Å². The fourth-order valence-electron chi connectivity index (χ4n) is 2.59. The van der Waals surface area contributed by atoms with E-state index in [0.29, 0.717) is 11.5 Å². The van der Waals surface area contributed by atoms with Gasteiger partial charge in [0.15, 0.2) is 17.3 Å². The Bertz CT molecular complexity index is 1140. The van der Waals surface area contributed by atoms with Crippen molar-refractivity contribution in [3.63, 3.8) is 0 Å². The third-order valence-electron chi connectivity index (χ3n) is 3.94. The normalized spacial score (nSPS) is 11.3. The lowest BCUT2D eigenvalue weighted by Gasteiger charge is -2.10. The lowest BCUT2D eigenvalue weighted by molar-refractivity contribution is -0.390. The number of allylic oxidation sites excluding steroid dienone is 1. The highest BCUT2D eigenvalue weighted by molar-refractivity contribution is 9.10. The number of carbonyl (C=O) groups excluding carboxylic acids is 1. The highest BCUT2D eigenvalue weighted by Gasteiger charge is 2.19. The molecule has 2 heterocycles. The number of nitrogens with zero attached hydrogens (tertiary/aromatic N) is 3. The number of hydrogen-bond acceptors (Lipinski definition) is 7. The van der Waals surface area contributed by atoms with Crippen molar-refractivity contribution in [1.29, 1.82) is 0 Å². The number of halogens is 3. The molecule has 0 unspecified atom stereocenters. The van der Waals surface area contributed by atoms with Crippen molar-refractivity contribution in [2.45, 2.75) is 13.2 Å². The molecular weight excluding hydrogens is 484 g/mol. The fraction of sp³-hybridized carbons (Fsp3) is 0.158. The maximum atomic E-state index is 12.4. The Morgan fingerprint density at radius 3 is 2.77 bits per heavy atom. The third kappa shape index (κ3) is 5.54. The molecule has 31 heavy (non-hydrogen) atoms. The average Bonchev–Trinajstić information content (AvgIpc) is 3.32. The van der Waals surface area contributed by atoms with Crippen LogP contribution in [-0.4, -0.2) is 34.2 Å². The van der Waals surface area contributed by atoms with E-state index in [4.69, 9.17) is 9.15 Å². The summed E-state index contributed by atoms with van der Waals surface area (Å²) in [7, 11) is 1.27. The van der Waals surface area contributed by atoms with Gasteiger partial charge in [-0.1, -0.05) is 0 Å². The molecule has 162 valence electrons. The molecule has 0 aliphatic rings. The molecule has 0 aliphatic carbocycles. The summed E-state index contributed by atoms with van der Waals surface area (Å²) in [5, 5.41) is 14.7. The van der Waals surface area contributed by atoms with Crippen LogP contribution in [0.3, 0.4) is 0 Å². The molecule has 3 aromatic rings. The smallest absolute Gasteiger partial charge is 0.404 e. The number of rotatable bonds is 9. The number of carbonyl (C=O) groups is 1. The van der Waals surface area contributed by atoms with Crippen molar-refractivity contribution in [2.75, 3.05) is 7.11 Å². The molecule has 0 amide bonds. The lowest BCUT2D eigenvalue weighted by Crippen LogP contribution is -2.04. The molecule has 0 fully saturated rings. The number of ketones is 1. The Morgan fingerprint density at radius 1 is 1.35 bits per heavy atom. The first-order valence-corrected chi connectivity index (χ1v) is 9.37. The van der Waals surface area contributed by atoms with E-state index >= 15 is 0 Å². The molecule has 2 aromatic heterocycles. The van der Waals surface area contributed by atoms with Crippen LogP contribution in [0, 0.1) is 10.1 Å². The molecular formula is C19H14BrF2N3O6. The minimum absolute atomic E-state index is 0.000637. The fourth-order valence-corrected chi connectivity index (χ4v) is 3.05. The van der Waals surface area contributed by atoms with Gasteiger partial charge in [0, 0.05) is 5.56 Å². The lowest BCUT2D eigenvalue weighted by atomic mass is 10.1. The highest BCUT2D eigenvalue weighted by Crippen LogP contribution is 2.30. The van der Waals surface area contributed by atoms with Gasteiger partial charge < -0.3 is 24.0 Å². The maximum absolute atomic E-state index is 12.4. The topological polar surface area (TPSA) is 110 Å². The SMILES string of the molecule is COc1cc(C(=O)/C=C/c2ccc(Cn3cc(Br)c([N+](=O)[O-])n3)o2)ccc1OC(F)F. The quantitative estimate of drug-likeness (QED) is 0.182. The Labute approximate surface area is 182 Å². The van der Waals surface area contributed by atoms with Crippen molar-refractivity contribution in [1.82, 2.24) is 9.78 Å². The van der Waals surface area contributed by atoms with Crippen LogP contribution in [0.2, 0.25) is 0 Å². The van der Waals surface area contributed by atoms with Gasteiger partial charge in [0.2, 0.25) is 0 Å². The predicted molar refractivity (Wildman–Crippen MR) is 107 cm³/mol. The molecule has 0 N–H and O–H groups in total. The van der Waals surface area contributed by atoms with Crippen LogP contribution >= 0.6 is 15.9 Å². The number of nitro groups is 1. The standard InChI is InChI=1S/C19H14BrF2N3O6/c1-29-17-8-11(2-7-16(17)31-19(21)22)15(26)6-5-12-3-4-13(30-12)9-24-10-14(20)18(23-24)25(27)28/h2-8,10,19H,9H2,1H3/b6-5+. The number of alkyl halides is 2. The monoisotopic (exact) mass is 497 g/mol. The second-order valence-electron chi connectivity index (χ2n) is 6.00. The van der Waals surface area contributed by atoms with Crippen LogP contribution in [0.15, 0.2) is 51.5 Å². The molecule has 0 saturated carbocycles. The van der Waals surface area contributed by atoms with Crippen molar-refractivity contribution in [2.24, 2.45) is 0 Å². The molecule has 12 heteroatoms. The zero-order valence-corrected chi connectivity index (χ0v) is 17.4. The number of methoxy groups -OCH3 is 1. The Kier molecular flexibility index (Phi) is 6.80. The van der Waals surface area contributed by atoms with E-state index in [1.807, 2.05) is 0 Å². The van der Waals surface area contributed by atoms with Crippen molar-refractivity contribution in [3.8, 4) is 11.5 Å². The largest absolute Gasteiger partial charge is 0.493 e. The number of ether oxygens (including phenoxy) is 2. The Balaban J connectivity index is 1.68. The number of hydrogen-bond donors (Lipinski definition) is 0. The average molecular weight is 498 g/mol. The molecule has 1 aromatic carbocycles. The molecule has 0 saturated heterocycles. The third-order valence-corrected chi connectivity index (χ3v) is 4.49. The number of aromatic nitrogens is 2. The summed E-state index contributed by atoms with van der Waals surface area (Å²) in [5.74, 6) is -0.0662. The van der Waals surface area contributed by atoms with Crippen molar-refractivity contribution >= 4 is 33.6 Å².